The largest absolute Gasteiger partial charge is 0.479 e. The number of carbonyl (C=O) groups is 4. The Labute approximate surface area is 462 Å². The second-order valence-corrected chi connectivity index (χ2v) is 18.1. The van der Waals surface area contributed by atoms with Crippen LogP contribution in [0.4, 0.5) is 0 Å². The summed E-state index contributed by atoms with van der Waals surface area (Å²) in [6.45, 7) is 5.47. The van der Waals surface area contributed by atoms with Gasteiger partial charge in [-0.1, -0.05) is 191 Å². The van der Waals surface area contributed by atoms with E-state index in [-0.39, 0.29) is 19.3 Å². The highest BCUT2D eigenvalue weighted by Gasteiger charge is 2.50. The van der Waals surface area contributed by atoms with E-state index < -0.39 is 73.9 Å². The Balaban J connectivity index is 2.83. The van der Waals surface area contributed by atoms with Crippen LogP contribution in [0, 0.1) is 0 Å². The van der Waals surface area contributed by atoms with Crippen molar-refractivity contribution in [3.8, 4) is 0 Å². The zero-order valence-corrected chi connectivity index (χ0v) is 46.6. The molecule has 0 bridgehead atoms. The van der Waals surface area contributed by atoms with Gasteiger partial charge in [-0.3, -0.25) is 14.4 Å². The second-order valence-electron chi connectivity index (χ2n) is 18.1. The van der Waals surface area contributed by atoms with Gasteiger partial charge in [0.25, 0.3) is 0 Å². The molecule has 12 heteroatoms. The monoisotopic (exact) mass is 1070 g/mol. The molecule has 0 aliphatic carbocycles. The molecule has 6 unspecified atom stereocenters. The van der Waals surface area contributed by atoms with Crippen LogP contribution in [0.15, 0.2) is 170 Å². The van der Waals surface area contributed by atoms with E-state index in [4.69, 9.17) is 23.7 Å². The molecular formula is C65H94O12. The van der Waals surface area contributed by atoms with Crippen molar-refractivity contribution >= 4 is 23.9 Å². The van der Waals surface area contributed by atoms with E-state index in [0.717, 1.165) is 89.9 Å². The third-order valence-corrected chi connectivity index (χ3v) is 11.3. The number of hydrogen-bond donors (Lipinski definition) is 3. The molecule has 426 valence electrons. The van der Waals surface area contributed by atoms with E-state index in [1.807, 2.05) is 30.4 Å². The number of aliphatic hydroxyl groups is 2. The van der Waals surface area contributed by atoms with E-state index in [2.05, 4.69) is 161 Å². The maximum atomic E-state index is 13.1. The Kier molecular flexibility index (Phi) is 45.6. The lowest BCUT2D eigenvalue weighted by atomic mass is 9.98. The van der Waals surface area contributed by atoms with Crippen LogP contribution in [0.2, 0.25) is 0 Å². The molecule has 0 aromatic heterocycles. The van der Waals surface area contributed by atoms with Crippen molar-refractivity contribution in [2.45, 2.75) is 199 Å². The molecule has 1 aliphatic rings. The van der Waals surface area contributed by atoms with Crippen molar-refractivity contribution in [2.24, 2.45) is 0 Å². The van der Waals surface area contributed by atoms with Crippen LogP contribution in [-0.2, 0) is 42.9 Å². The van der Waals surface area contributed by atoms with Gasteiger partial charge in [0.1, 0.15) is 18.8 Å². The fourth-order valence-corrected chi connectivity index (χ4v) is 7.10. The summed E-state index contributed by atoms with van der Waals surface area (Å²) in [7, 11) is 0. The topological polar surface area (TPSA) is 175 Å². The number of carbonyl (C=O) groups excluding carboxylic acids is 3. The number of carboxylic acid groups (broad SMARTS) is 1. The molecule has 0 aromatic carbocycles. The van der Waals surface area contributed by atoms with Crippen LogP contribution in [0.25, 0.3) is 0 Å². The minimum absolute atomic E-state index is 0.0655. The lowest BCUT2D eigenvalue weighted by molar-refractivity contribution is -0.301. The number of unbranched alkanes of at least 4 members (excludes halogenated alkanes) is 2. The van der Waals surface area contributed by atoms with Crippen molar-refractivity contribution in [3.63, 3.8) is 0 Å². The third kappa shape index (κ3) is 40.9. The van der Waals surface area contributed by atoms with Crippen molar-refractivity contribution in [1.29, 1.82) is 0 Å². The molecule has 0 spiro atoms. The van der Waals surface area contributed by atoms with Gasteiger partial charge in [-0.05, 0) is 122 Å². The molecule has 1 rings (SSSR count). The molecule has 3 N–H and O–H groups in total. The Morgan fingerprint density at radius 1 is 0.429 bits per heavy atom. The van der Waals surface area contributed by atoms with Gasteiger partial charge in [-0.15, -0.1) is 0 Å². The summed E-state index contributed by atoms with van der Waals surface area (Å²) in [6.07, 6.45) is 63.6. The summed E-state index contributed by atoms with van der Waals surface area (Å²) in [5.74, 6) is -3.44. The first-order valence-electron chi connectivity index (χ1n) is 28.1. The molecule has 1 fully saturated rings. The molecular weight excluding hydrogens is 973 g/mol. The van der Waals surface area contributed by atoms with Gasteiger partial charge in [0, 0.05) is 19.3 Å². The first kappa shape index (κ1) is 69.1. The molecule has 12 nitrogen and oxygen atoms in total. The lowest BCUT2D eigenvalue weighted by Gasteiger charge is -2.40. The number of ether oxygens (including phenoxy) is 5. The third-order valence-electron chi connectivity index (χ3n) is 11.3. The molecule has 1 saturated heterocycles. The fraction of sp³-hybridized carbons (Fsp3) is 0.508. The summed E-state index contributed by atoms with van der Waals surface area (Å²) in [5.41, 5.74) is 0. The van der Waals surface area contributed by atoms with Crippen molar-refractivity contribution in [1.82, 2.24) is 0 Å². The molecule has 77 heavy (non-hydrogen) atoms. The maximum absolute atomic E-state index is 13.1. The lowest BCUT2D eigenvalue weighted by Crippen LogP contribution is -2.61. The molecule has 1 heterocycles. The Morgan fingerprint density at radius 2 is 0.792 bits per heavy atom. The zero-order valence-electron chi connectivity index (χ0n) is 46.6. The molecule has 0 aromatic rings. The molecule has 0 saturated carbocycles. The first-order chi connectivity index (χ1) is 37.6. The molecule has 0 radical (unpaired) electrons. The van der Waals surface area contributed by atoms with Crippen LogP contribution in [0.1, 0.15) is 162 Å². The normalized spacial score (nSPS) is 19.3. The summed E-state index contributed by atoms with van der Waals surface area (Å²) in [4.78, 5) is 51.0. The zero-order chi connectivity index (χ0) is 56.1. The van der Waals surface area contributed by atoms with Crippen molar-refractivity contribution in [2.75, 3.05) is 13.2 Å². The number of rotatable bonds is 44. The number of aliphatic carboxylic acids is 1. The Hall–Kier alpha value is -5.92. The van der Waals surface area contributed by atoms with E-state index in [1.54, 1.807) is 0 Å². The number of carboxylic acids is 1. The highest BCUT2D eigenvalue weighted by molar-refractivity contribution is 5.74. The fourth-order valence-electron chi connectivity index (χ4n) is 7.10. The predicted molar refractivity (Wildman–Crippen MR) is 312 cm³/mol. The van der Waals surface area contributed by atoms with Crippen LogP contribution < -0.4 is 0 Å². The van der Waals surface area contributed by atoms with E-state index in [1.165, 1.54) is 0 Å². The van der Waals surface area contributed by atoms with Gasteiger partial charge >= 0.3 is 23.9 Å². The SMILES string of the molecule is CC/C=C\C/C=C\C/C=C\C/C=C\C/C=C\C/C=C\CCC(=O)OCC(COC1OC(C(=O)O)C(O)C(O)C1OC(=O)CC/C=C\C/C=C\C/C=C\C/C=C\CC)OC(=O)CCCC/C=C\C/C=C\C/C=C\C/C=C\CC. The smallest absolute Gasteiger partial charge is 0.335 e. The van der Waals surface area contributed by atoms with Crippen LogP contribution in [0.3, 0.4) is 0 Å². The summed E-state index contributed by atoms with van der Waals surface area (Å²) >= 11 is 0. The Bertz CT molecular complexity index is 1990. The summed E-state index contributed by atoms with van der Waals surface area (Å²) in [5, 5.41) is 31.4. The van der Waals surface area contributed by atoms with E-state index >= 15 is 0 Å². The van der Waals surface area contributed by atoms with Gasteiger partial charge in [0.15, 0.2) is 24.6 Å². The summed E-state index contributed by atoms with van der Waals surface area (Å²) in [6, 6.07) is 0. The van der Waals surface area contributed by atoms with Gasteiger partial charge in [-0.2, -0.15) is 0 Å². The average Bonchev–Trinajstić information content (AvgIpc) is 3.42. The maximum Gasteiger partial charge on any atom is 0.335 e. The number of hydrogen-bond acceptors (Lipinski definition) is 11. The minimum atomic E-state index is -1.95. The van der Waals surface area contributed by atoms with Gasteiger partial charge in [-0.25, -0.2) is 4.79 Å². The van der Waals surface area contributed by atoms with E-state index in [0.29, 0.717) is 32.1 Å². The van der Waals surface area contributed by atoms with Crippen LogP contribution in [-0.4, -0.2) is 89.2 Å². The molecule has 6 atom stereocenters. The molecule has 1 aliphatic heterocycles. The van der Waals surface area contributed by atoms with Crippen molar-refractivity contribution in [3.05, 3.63) is 170 Å². The Morgan fingerprint density at radius 3 is 1.18 bits per heavy atom. The van der Waals surface area contributed by atoms with Gasteiger partial charge < -0.3 is 39.0 Å². The highest BCUT2D eigenvalue weighted by atomic mass is 16.7. The number of esters is 3. The minimum Gasteiger partial charge on any atom is -0.479 e. The van der Waals surface area contributed by atoms with E-state index in [9.17, 15) is 34.5 Å². The number of aliphatic hydroxyl groups excluding tert-OH is 2. The van der Waals surface area contributed by atoms with Gasteiger partial charge in [0.2, 0.25) is 0 Å². The average molecular weight is 1070 g/mol. The molecule has 0 amide bonds. The predicted octanol–water partition coefficient (Wildman–Crippen LogP) is 14.3. The van der Waals surface area contributed by atoms with Crippen molar-refractivity contribution < 1.29 is 58.2 Å². The van der Waals surface area contributed by atoms with Crippen LogP contribution in [0.5, 0.6) is 0 Å². The van der Waals surface area contributed by atoms with Crippen LogP contribution >= 0.6 is 0 Å². The second kappa shape index (κ2) is 50.9. The highest BCUT2D eigenvalue weighted by Crippen LogP contribution is 2.26. The standard InChI is InChI=1S/C65H94O12/c1-4-7-10-13-16-19-22-25-27-28-29-30-32-34-36-39-42-45-48-51-57(66)73-54-56(75-58(67)52-49-46-43-40-38-35-31-26-23-20-17-14-11-8-5-2)55-74-65-63(61(70)60(69)62(77-65)64(71)72)76-59(68)53-50-47-44-41-37-33-24-21-18-15-12-9-6-3/h7-12,16-21,25-27,29-31,33-34,36-38,40,42,44-45,47,56,60-63,65,69-70H,4-6,13-15,22-24,28,32,35,39,41,43,46,48-55H2,1-3H3,(H,71,72)/b10-7-,11-8-,12-9-,19-16-,20-17-,21-18-,27-25-,30-29-,31-26-,36-34-,37-33-,40-38-,45-42-,47-44-. The van der Waals surface area contributed by atoms with Gasteiger partial charge in [0.05, 0.1) is 6.61 Å². The summed E-state index contributed by atoms with van der Waals surface area (Å²) < 4.78 is 28.1. The first-order valence-corrected chi connectivity index (χ1v) is 28.1. The number of allylic oxidation sites excluding steroid dienone is 28. The quantitative estimate of drug-likeness (QED) is 0.0228.